The lowest BCUT2D eigenvalue weighted by Gasteiger charge is -2.32. The number of hydrogen-bond donors (Lipinski definition) is 2. The number of rotatable bonds is 1. The molecule has 1 saturated heterocycles. The molecule has 0 bridgehead atoms. The molecule has 0 spiro atoms. The highest BCUT2D eigenvalue weighted by atomic mass is 32.1. The molecule has 1 aromatic carbocycles. The first kappa shape index (κ1) is 12.6. The van der Waals surface area contributed by atoms with E-state index in [1.54, 1.807) is 4.90 Å². The van der Waals surface area contributed by atoms with Crippen LogP contribution in [0.3, 0.4) is 0 Å². The average molecular weight is 284 g/mol. The van der Waals surface area contributed by atoms with E-state index in [1.165, 1.54) is 0 Å². The topological polar surface area (TPSA) is 68.2 Å². The maximum atomic E-state index is 11.5. The third-order valence-electron chi connectivity index (χ3n) is 3.42. The predicted molar refractivity (Wildman–Crippen MR) is 77.1 cm³/mol. The number of carbonyl (C=O) groups excluding carboxylic acids is 1. The van der Waals surface area contributed by atoms with Gasteiger partial charge in [0, 0.05) is 0 Å². The van der Waals surface area contributed by atoms with E-state index in [2.05, 4.69) is 16.7 Å². The smallest absolute Gasteiger partial charge is 0.245 e. The Morgan fingerprint density at radius 3 is 2.75 bits per heavy atom. The maximum absolute atomic E-state index is 11.5. The van der Waals surface area contributed by atoms with Crippen molar-refractivity contribution >= 4 is 23.2 Å². The average Bonchev–Trinajstić information content (AvgIpc) is 2.82. The van der Waals surface area contributed by atoms with Gasteiger partial charge in [-0.05, 0) is 24.7 Å². The Labute approximate surface area is 121 Å². The molecular formula is C14H12N4OS. The van der Waals surface area contributed by atoms with E-state index in [-0.39, 0.29) is 18.5 Å². The molecule has 0 saturated carbocycles. The minimum Gasteiger partial charge on any atom is -0.350 e. The van der Waals surface area contributed by atoms with Gasteiger partial charge in [-0.1, -0.05) is 29.8 Å². The van der Waals surface area contributed by atoms with Gasteiger partial charge in [-0.15, -0.1) is 0 Å². The highest BCUT2D eigenvalue weighted by Crippen LogP contribution is 2.30. The van der Waals surface area contributed by atoms with E-state index in [4.69, 9.17) is 12.2 Å². The third-order valence-corrected chi connectivity index (χ3v) is 3.76. The summed E-state index contributed by atoms with van der Waals surface area (Å²) in [6.07, 6.45) is 0. The summed E-state index contributed by atoms with van der Waals surface area (Å²) in [5.41, 5.74) is 2.57. The molecule has 0 radical (unpaired) electrons. The van der Waals surface area contributed by atoms with Crippen LogP contribution in [-0.2, 0) is 4.79 Å². The number of amides is 1. The van der Waals surface area contributed by atoms with Gasteiger partial charge in [-0.25, -0.2) is 0 Å². The molecule has 0 aliphatic carbocycles. The fourth-order valence-corrected chi connectivity index (χ4v) is 2.66. The van der Waals surface area contributed by atoms with Gasteiger partial charge in [0.2, 0.25) is 5.91 Å². The first-order valence-corrected chi connectivity index (χ1v) is 6.59. The first-order chi connectivity index (χ1) is 9.60. The quantitative estimate of drug-likeness (QED) is 0.756. The van der Waals surface area contributed by atoms with Gasteiger partial charge in [-0.2, -0.15) is 5.26 Å². The normalized spacial score (nSPS) is 21.2. The predicted octanol–water partition coefficient (Wildman–Crippen LogP) is 1.09. The monoisotopic (exact) mass is 284 g/mol. The number of nitrogens with one attached hydrogen (secondary N) is 2. The van der Waals surface area contributed by atoms with Crippen molar-refractivity contribution in [3.8, 4) is 6.07 Å². The summed E-state index contributed by atoms with van der Waals surface area (Å²) < 4.78 is 0. The lowest BCUT2D eigenvalue weighted by molar-refractivity contribution is -0.118. The Hall–Kier alpha value is -2.39. The number of fused-ring (bicyclic) bond motifs is 1. The van der Waals surface area contributed by atoms with Gasteiger partial charge in [0.15, 0.2) is 5.11 Å². The molecule has 5 nitrogen and oxygen atoms in total. The minimum absolute atomic E-state index is 0.151. The highest BCUT2D eigenvalue weighted by Gasteiger charge is 2.37. The summed E-state index contributed by atoms with van der Waals surface area (Å²) in [4.78, 5) is 13.1. The van der Waals surface area contributed by atoms with Crippen LogP contribution < -0.4 is 10.6 Å². The fraction of sp³-hybridized carbons (Fsp3) is 0.214. The number of thiocarbonyl (C=S) groups is 1. The summed E-state index contributed by atoms with van der Waals surface area (Å²) in [6, 6.07) is 9.75. The Kier molecular flexibility index (Phi) is 2.92. The largest absolute Gasteiger partial charge is 0.350 e. The zero-order valence-corrected chi connectivity index (χ0v) is 11.6. The molecule has 1 unspecified atom stereocenters. The van der Waals surface area contributed by atoms with Gasteiger partial charge in [0.05, 0.1) is 11.6 Å². The molecule has 1 atom stereocenters. The van der Waals surface area contributed by atoms with Crippen LogP contribution in [0.25, 0.3) is 0 Å². The number of hydrogen-bond acceptors (Lipinski definition) is 3. The van der Waals surface area contributed by atoms with E-state index >= 15 is 0 Å². The zero-order chi connectivity index (χ0) is 14.3. The minimum atomic E-state index is -0.322. The van der Waals surface area contributed by atoms with Gasteiger partial charge in [0.1, 0.15) is 18.4 Å². The van der Waals surface area contributed by atoms with Crippen LogP contribution in [0.1, 0.15) is 17.2 Å². The lowest BCUT2D eigenvalue weighted by Crippen LogP contribution is -2.45. The van der Waals surface area contributed by atoms with E-state index in [1.807, 2.05) is 31.2 Å². The molecule has 0 aromatic heterocycles. The summed E-state index contributed by atoms with van der Waals surface area (Å²) >= 11 is 5.28. The van der Waals surface area contributed by atoms with Crippen LogP contribution >= 0.6 is 12.2 Å². The molecule has 100 valence electrons. The first-order valence-electron chi connectivity index (χ1n) is 6.19. The molecule has 1 aromatic rings. The molecule has 2 aliphatic heterocycles. The fourth-order valence-electron chi connectivity index (χ4n) is 2.38. The molecular weight excluding hydrogens is 272 g/mol. The van der Waals surface area contributed by atoms with E-state index in [9.17, 15) is 10.1 Å². The molecule has 1 fully saturated rings. The van der Waals surface area contributed by atoms with Gasteiger partial charge in [0.25, 0.3) is 0 Å². The lowest BCUT2D eigenvalue weighted by atomic mass is 9.97. The Balaban J connectivity index is 2.08. The van der Waals surface area contributed by atoms with E-state index in [0.717, 1.165) is 11.1 Å². The van der Waals surface area contributed by atoms with Crippen molar-refractivity contribution in [2.45, 2.75) is 13.0 Å². The van der Waals surface area contributed by atoms with Crippen LogP contribution in [0.15, 0.2) is 35.7 Å². The summed E-state index contributed by atoms with van der Waals surface area (Å²) in [5, 5.41) is 15.7. The second kappa shape index (κ2) is 4.62. The van der Waals surface area contributed by atoms with E-state index < -0.39 is 0 Å². The van der Waals surface area contributed by atoms with E-state index in [0.29, 0.717) is 16.5 Å². The molecule has 20 heavy (non-hydrogen) atoms. The Morgan fingerprint density at radius 2 is 2.10 bits per heavy atom. The maximum Gasteiger partial charge on any atom is 0.245 e. The standard InChI is InChI=1S/C14H12N4OS/c1-8-2-4-9(5-3-8)12-10(6-15)13-16-11(19)7-18(13)14(20)17-12/h2-5,12H,7H2,1H3,(H,16,19)(H,17,20). The molecule has 2 aliphatic rings. The second-order valence-electron chi connectivity index (χ2n) is 4.80. The number of nitriles is 1. The third kappa shape index (κ3) is 1.92. The molecule has 1 amide bonds. The van der Waals surface area contributed by atoms with Crippen molar-refractivity contribution in [2.24, 2.45) is 0 Å². The van der Waals surface area contributed by atoms with Crippen LogP contribution in [0, 0.1) is 18.3 Å². The SMILES string of the molecule is Cc1ccc(C2NC(=S)N3CC(=O)NC3=C2C#N)cc1. The van der Waals surface area contributed by atoms with Crippen molar-refractivity contribution in [3.63, 3.8) is 0 Å². The highest BCUT2D eigenvalue weighted by molar-refractivity contribution is 7.80. The van der Waals surface area contributed by atoms with Crippen molar-refractivity contribution in [1.29, 1.82) is 5.26 Å². The van der Waals surface area contributed by atoms with Crippen LogP contribution in [0.4, 0.5) is 0 Å². The van der Waals surface area contributed by atoms with Crippen molar-refractivity contribution < 1.29 is 4.79 Å². The molecule has 2 heterocycles. The number of carbonyl (C=O) groups is 1. The van der Waals surface area contributed by atoms with Gasteiger partial charge < -0.3 is 10.6 Å². The van der Waals surface area contributed by atoms with Gasteiger partial charge >= 0.3 is 0 Å². The Morgan fingerprint density at radius 1 is 1.40 bits per heavy atom. The molecule has 6 heteroatoms. The number of aryl methyl sites for hydroxylation is 1. The summed E-state index contributed by atoms with van der Waals surface area (Å²) in [5.74, 6) is 0.355. The molecule has 2 N–H and O–H groups in total. The summed E-state index contributed by atoms with van der Waals surface area (Å²) in [7, 11) is 0. The zero-order valence-electron chi connectivity index (χ0n) is 10.8. The second-order valence-corrected chi connectivity index (χ2v) is 5.19. The van der Waals surface area contributed by atoms with Crippen molar-refractivity contribution in [3.05, 3.63) is 46.8 Å². The van der Waals surface area contributed by atoms with Crippen molar-refractivity contribution in [2.75, 3.05) is 6.54 Å². The number of nitrogens with zero attached hydrogens (tertiary/aromatic N) is 2. The van der Waals surface area contributed by atoms with Crippen LogP contribution in [0.5, 0.6) is 0 Å². The molecule has 3 rings (SSSR count). The van der Waals surface area contributed by atoms with Crippen LogP contribution in [0.2, 0.25) is 0 Å². The van der Waals surface area contributed by atoms with Crippen molar-refractivity contribution in [1.82, 2.24) is 15.5 Å². The van der Waals surface area contributed by atoms with Crippen LogP contribution in [-0.4, -0.2) is 22.5 Å². The van der Waals surface area contributed by atoms with Gasteiger partial charge in [-0.3, -0.25) is 9.69 Å². The summed E-state index contributed by atoms with van der Waals surface area (Å²) in [6.45, 7) is 2.16. The number of benzene rings is 1. The Bertz CT molecular complexity index is 671.